The maximum absolute atomic E-state index is 11.7. The molecule has 0 radical (unpaired) electrons. The van der Waals surface area contributed by atoms with E-state index in [1.165, 1.54) is 28.5 Å². The van der Waals surface area contributed by atoms with E-state index < -0.39 is 5.97 Å². The summed E-state index contributed by atoms with van der Waals surface area (Å²) in [5, 5.41) is 2.63. The number of hydroxylamine groups is 4. The molecule has 0 unspecified atom stereocenters. The van der Waals surface area contributed by atoms with E-state index in [0.717, 1.165) is 18.3 Å². The van der Waals surface area contributed by atoms with Gasteiger partial charge in [-0.1, -0.05) is 51.8 Å². The van der Waals surface area contributed by atoms with Crippen LogP contribution in [0.3, 0.4) is 0 Å². The Morgan fingerprint density at radius 3 is 2.04 bits per heavy atom. The predicted molar refractivity (Wildman–Crippen MR) is 103 cm³/mol. The molecule has 0 bridgehead atoms. The summed E-state index contributed by atoms with van der Waals surface area (Å²) in [5.41, 5.74) is 2.04. The van der Waals surface area contributed by atoms with E-state index in [1.54, 1.807) is 14.1 Å². The molecule has 0 amide bonds. The Balaban J connectivity index is 0.000000488. The minimum absolute atomic E-state index is 0.00459. The summed E-state index contributed by atoms with van der Waals surface area (Å²) in [4.78, 5) is 22.5. The first kappa shape index (κ1) is 20.8. The zero-order valence-corrected chi connectivity index (χ0v) is 16.9. The van der Waals surface area contributed by atoms with Gasteiger partial charge in [0.05, 0.1) is 0 Å². The van der Waals surface area contributed by atoms with E-state index in [2.05, 4.69) is 39.6 Å². The van der Waals surface area contributed by atoms with Crippen molar-refractivity contribution in [3.8, 4) is 0 Å². The topological polar surface area (TPSA) is 42.0 Å². The first-order valence-electron chi connectivity index (χ1n) is 8.02. The second-order valence-electron chi connectivity index (χ2n) is 7.45. The number of hydrogen-bond donors (Lipinski definition) is 0. The lowest BCUT2D eigenvalue weighted by Crippen LogP contribution is -2.33. The fourth-order valence-electron chi connectivity index (χ4n) is 1.68. The molecule has 7 heteroatoms. The van der Waals surface area contributed by atoms with E-state index in [9.17, 15) is 4.79 Å². The number of carbonyl (C=O) groups is 1. The van der Waals surface area contributed by atoms with Crippen LogP contribution in [0.5, 0.6) is 0 Å². The molecule has 5 nitrogen and oxygen atoms in total. The van der Waals surface area contributed by atoms with Crippen molar-refractivity contribution in [1.29, 1.82) is 0 Å². The van der Waals surface area contributed by atoms with E-state index in [4.69, 9.17) is 21.9 Å². The van der Waals surface area contributed by atoms with E-state index in [1.807, 2.05) is 0 Å². The first-order valence-corrected chi connectivity index (χ1v) is 8.90. The molecule has 0 heterocycles. The molecule has 0 N–H and O–H groups in total. The quantitative estimate of drug-likeness (QED) is 0.396. The maximum Gasteiger partial charge on any atom is 0.340 e. The van der Waals surface area contributed by atoms with Crippen LogP contribution in [0.4, 0.5) is 0 Å². The summed E-state index contributed by atoms with van der Waals surface area (Å²) in [6.45, 7) is 10.3. The highest BCUT2D eigenvalue weighted by Gasteiger charge is 2.44. The van der Waals surface area contributed by atoms with E-state index >= 15 is 0 Å². The molecule has 0 aromatic carbocycles. The summed E-state index contributed by atoms with van der Waals surface area (Å²) < 4.78 is 0. The van der Waals surface area contributed by atoms with Crippen molar-refractivity contribution in [3.63, 3.8) is 0 Å². The molecule has 0 aromatic heterocycles. The van der Waals surface area contributed by atoms with Gasteiger partial charge in [0.25, 0.3) is 0 Å². The van der Waals surface area contributed by atoms with Crippen molar-refractivity contribution >= 4 is 40.9 Å². The molecule has 136 valence electrons. The Bertz CT molecular complexity index is 510. The third-order valence-electron chi connectivity index (χ3n) is 4.05. The highest BCUT2D eigenvalue weighted by atomic mass is 32.1. The second-order valence-corrected chi connectivity index (χ2v) is 8.05. The fraction of sp³-hybridized carbons (Fsp3) is 0.706. The van der Waals surface area contributed by atoms with E-state index in [-0.39, 0.29) is 17.6 Å². The molecular formula is C17H28N2O3S2. The van der Waals surface area contributed by atoms with Crippen LogP contribution in [0, 0.1) is 10.8 Å². The summed E-state index contributed by atoms with van der Waals surface area (Å²) in [5.74, 6) is -0.220. The smallest absolute Gasteiger partial charge is 0.340 e. The lowest BCUT2D eigenvalue weighted by Gasteiger charge is -2.23. The normalized spacial score (nSPS) is 18.2. The number of thiocarbonyl (C=S) groups is 2. The number of hydrogen-bond acceptors (Lipinski definition) is 5. The lowest BCUT2D eigenvalue weighted by molar-refractivity contribution is -0.170. The Kier molecular flexibility index (Phi) is 7.16. The minimum atomic E-state index is -0.475. The highest BCUT2D eigenvalue weighted by molar-refractivity contribution is 7.80. The van der Waals surface area contributed by atoms with Gasteiger partial charge in [0.15, 0.2) is 0 Å². The Hall–Kier alpha value is -1.21. The summed E-state index contributed by atoms with van der Waals surface area (Å²) >= 11 is 9.92. The average Bonchev–Trinajstić information content (AvgIpc) is 3.38. The van der Waals surface area contributed by atoms with Crippen LogP contribution in [-0.2, 0) is 14.5 Å². The number of carbonyl (C=O) groups excluding carboxylic acids is 1. The Labute approximate surface area is 155 Å². The molecule has 24 heavy (non-hydrogen) atoms. The molecule has 2 aliphatic carbocycles. The number of rotatable bonds is 6. The van der Waals surface area contributed by atoms with Crippen LogP contribution in [0.1, 0.15) is 52.9 Å². The van der Waals surface area contributed by atoms with Crippen molar-refractivity contribution in [2.45, 2.75) is 52.9 Å². The minimum Gasteiger partial charge on any atom is -0.384 e. The van der Waals surface area contributed by atoms with Gasteiger partial charge in [0.1, 0.15) is 22.7 Å². The van der Waals surface area contributed by atoms with Crippen LogP contribution >= 0.6 is 24.4 Å². The zero-order chi connectivity index (χ0) is 18.5. The van der Waals surface area contributed by atoms with Crippen LogP contribution in [-0.4, -0.2) is 40.7 Å². The summed E-state index contributed by atoms with van der Waals surface area (Å²) in [7, 11) is 3.25. The highest BCUT2D eigenvalue weighted by Crippen LogP contribution is 2.47. The van der Waals surface area contributed by atoms with Gasteiger partial charge in [0, 0.05) is 19.5 Å². The van der Waals surface area contributed by atoms with Crippen LogP contribution < -0.4 is 0 Å². The molecule has 2 aliphatic rings. The second kappa shape index (κ2) is 8.25. The standard InChI is InChI=1S/C12H18N2O3S2.C5H10/c1-9(16-13(3)8-18)7-10(15)17-14(4)11(19)12(2)5-6-12;1-5(2)3-4-5/h8H,1,5-7H2,2-4H3;3-4H2,1-2H3. The molecule has 2 fully saturated rings. The average molecular weight is 373 g/mol. The van der Waals surface area contributed by atoms with Crippen molar-refractivity contribution < 1.29 is 14.5 Å². The molecule has 2 saturated carbocycles. The summed E-state index contributed by atoms with van der Waals surface area (Å²) in [6.07, 6.45) is 4.91. The zero-order valence-electron chi connectivity index (χ0n) is 15.3. The van der Waals surface area contributed by atoms with Crippen LogP contribution in [0.25, 0.3) is 0 Å². The fourth-order valence-corrected chi connectivity index (χ4v) is 1.96. The van der Waals surface area contributed by atoms with E-state index in [0.29, 0.717) is 4.99 Å². The number of nitrogens with zero attached hydrogens (tertiary/aromatic N) is 2. The Morgan fingerprint density at radius 2 is 1.67 bits per heavy atom. The molecule has 0 saturated heterocycles. The van der Waals surface area contributed by atoms with Gasteiger partial charge < -0.3 is 9.68 Å². The van der Waals surface area contributed by atoms with Crippen molar-refractivity contribution in [3.05, 3.63) is 12.3 Å². The van der Waals surface area contributed by atoms with Gasteiger partial charge in [-0.25, -0.2) is 14.9 Å². The van der Waals surface area contributed by atoms with Crippen LogP contribution in [0.15, 0.2) is 12.3 Å². The monoisotopic (exact) mass is 372 g/mol. The van der Waals surface area contributed by atoms with Gasteiger partial charge in [-0.15, -0.1) is 0 Å². The van der Waals surface area contributed by atoms with Crippen molar-refractivity contribution in [1.82, 2.24) is 10.1 Å². The third kappa shape index (κ3) is 7.57. The van der Waals surface area contributed by atoms with Gasteiger partial charge in [-0.05, 0) is 31.1 Å². The Morgan fingerprint density at radius 1 is 1.17 bits per heavy atom. The van der Waals surface area contributed by atoms with Gasteiger partial charge in [-0.3, -0.25) is 0 Å². The molecule has 0 atom stereocenters. The molecule has 0 aliphatic heterocycles. The van der Waals surface area contributed by atoms with Crippen LogP contribution in [0.2, 0.25) is 0 Å². The van der Waals surface area contributed by atoms with Gasteiger partial charge >= 0.3 is 5.97 Å². The lowest BCUT2D eigenvalue weighted by atomic mass is 10.1. The molecule has 0 aromatic rings. The van der Waals surface area contributed by atoms with Crippen molar-refractivity contribution in [2.24, 2.45) is 10.8 Å². The van der Waals surface area contributed by atoms with Gasteiger partial charge in [0.2, 0.25) is 0 Å². The maximum atomic E-state index is 11.7. The molecule has 0 spiro atoms. The molecular weight excluding hydrogens is 344 g/mol. The first-order chi connectivity index (χ1) is 11.0. The summed E-state index contributed by atoms with van der Waals surface area (Å²) in [6, 6.07) is 0. The molecule has 2 rings (SSSR count). The largest absolute Gasteiger partial charge is 0.384 e. The SMILES string of the molecule is C=C(CC(=O)ON(C)C(=S)C1(C)CC1)ON(C)C=S.CC1(C)CC1. The predicted octanol–water partition coefficient (Wildman–Crippen LogP) is 4.03. The van der Waals surface area contributed by atoms with Gasteiger partial charge in [-0.2, -0.15) is 0 Å². The third-order valence-corrected chi connectivity index (χ3v) is 5.10. The van der Waals surface area contributed by atoms with Crippen molar-refractivity contribution in [2.75, 3.05) is 14.1 Å².